The Morgan fingerprint density at radius 2 is 1.62 bits per heavy atom. The summed E-state index contributed by atoms with van der Waals surface area (Å²) in [4.78, 5) is 38.7. The number of sulfone groups is 1. The summed E-state index contributed by atoms with van der Waals surface area (Å²) >= 11 is 12.2. The van der Waals surface area contributed by atoms with Gasteiger partial charge in [0.05, 0.1) is 22.7 Å². The van der Waals surface area contributed by atoms with Crippen molar-refractivity contribution in [1.29, 1.82) is 0 Å². The largest absolute Gasteiger partial charge is 0.467 e. The second-order valence-corrected chi connectivity index (χ2v) is 13.1. The molecule has 3 rings (SSSR count). The summed E-state index contributed by atoms with van der Waals surface area (Å²) < 4.78 is 27.9. The molecule has 0 radical (unpaired) electrons. The van der Waals surface area contributed by atoms with Gasteiger partial charge in [-0.2, -0.15) is 0 Å². The molecular formula is C28H34Cl2N2O6S. The SMILES string of the molecule is COC(=O)[C@H](Cc1ccc(NC(=O)c2c(Cl)cccc2Cl)cc1)NC(=O)C1(CCCCS(C)(=O)=O)CCCC1. The normalized spacial score (nSPS) is 15.4. The van der Waals surface area contributed by atoms with E-state index in [1.807, 2.05) is 0 Å². The number of esters is 1. The van der Waals surface area contributed by atoms with Crippen molar-refractivity contribution in [1.82, 2.24) is 5.32 Å². The van der Waals surface area contributed by atoms with Crippen LogP contribution in [0.4, 0.5) is 5.69 Å². The van der Waals surface area contributed by atoms with Crippen molar-refractivity contribution >= 4 is 56.5 Å². The summed E-state index contributed by atoms with van der Waals surface area (Å²) in [5.74, 6) is -1.11. The molecule has 1 fully saturated rings. The molecule has 0 heterocycles. The predicted octanol–water partition coefficient (Wildman–Crippen LogP) is 5.22. The van der Waals surface area contributed by atoms with E-state index < -0.39 is 33.2 Å². The first kappa shape index (κ1) is 30.9. The van der Waals surface area contributed by atoms with Gasteiger partial charge in [-0.15, -0.1) is 0 Å². The first-order valence-electron chi connectivity index (χ1n) is 12.8. The molecule has 39 heavy (non-hydrogen) atoms. The molecule has 2 aromatic rings. The van der Waals surface area contributed by atoms with Crippen molar-refractivity contribution < 1.29 is 27.5 Å². The fourth-order valence-corrected chi connectivity index (χ4v) is 6.28. The van der Waals surface area contributed by atoms with Gasteiger partial charge >= 0.3 is 5.97 Å². The number of carbonyl (C=O) groups is 3. The number of ether oxygens (including phenoxy) is 1. The highest BCUT2D eigenvalue weighted by atomic mass is 35.5. The minimum atomic E-state index is -3.05. The van der Waals surface area contributed by atoms with E-state index in [0.29, 0.717) is 37.8 Å². The summed E-state index contributed by atoms with van der Waals surface area (Å²) in [6, 6.07) is 10.8. The summed E-state index contributed by atoms with van der Waals surface area (Å²) in [6.07, 6.45) is 6.34. The van der Waals surface area contributed by atoms with Crippen molar-refractivity contribution in [3.63, 3.8) is 0 Å². The van der Waals surface area contributed by atoms with Crippen LogP contribution in [-0.4, -0.2) is 51.4 Å². The Kier molecular flexibility index (Phi) is 10.8. The highest BCUT2D eigenvalue weighted by Gasteiger charge is 2.42. The van der Waals surface area contributed by atoms with Crippen LogP contribution in [0, 0.1) is 5.41 Å². The number of hydrogen-bond acceptors (Lipinski definition) is 6. The number of nitrogens with one attached hydrogen (secondary N) is 2. The summed E-state index contributed by atoms with van der Waals surface area (Å²) in [6.45, 7) is 0. The van der Waals surface area contributed by atoms with Crippen molar-refractivity contribution in [3.05, 3.63) is 63.6 Å². The second-order valence-electron chi connectivity index (χ2n) is 10.1. The molecule has 212 valence electrons. The highest BCUT2D eigenvalue weighted by Crippen LogP contribution is 2.42. The number of amides is 2. The van der Waals surface area contributed by atoms with Gasteiger partial charge in [-0.1, -0.05) is 60.7 Å². The minimum Gasteiger partial charge on any atom is -0.467 e. The van der Waals surface area contributed by atoms with Crippen LogP contribution in [0.1, 0.15) is 60.9 Å². The molecule has 2 N–H and O–H groups in total. The number of anilines is 1. The zero-order valence-electron chi connectivity index (χ0n) is 22.1. The van der Waals surface area contributed by atoms with Crippen LogP contribution in [0.5, 0.6) is 0 Å². The van der Waals surface area contributed by atoms with E-state index in [1.54, 1.807) is 42.5 Å². The molecule has 0 bridgehead atoms. The standard InChI is InChI=1S/C28H34Cl2N2O6S/c1-38-26(34)23(32-27(35)28(14-3-4-15-28)16-5-6-17-39(2,36)37)18-19-10-12-20(13-11-19)31-25(33)24-21(29)8-7-9-22(24)30/h7-13,23H,3-6,14-18H2,1-2H3,(H,31,33)(H,32,35)/t23-/m0/s1. The molecule has 0 aromatic heterocycles. The third-order valence-corrected chi connectivity index (χ3v) is 8.76. The molecule has 8 nitrogen and oxygen atoms in total. The lowest BCUT2D eigenvalue weighted by Gasteiger charge is -2.30. The Bertz CT molecular complexity index is 1270. The van der Waals surface area contributed by atoms with Gasteiger partial charge in [-0.3, -0.25) is 9.59 Å². The lowest BCUT2D eigenvalue weighted by Crippen LogP contribution is -2.49. The molecule has 0 saturated heterocycles. The van der Waals surface area contributed by atoms with E-state index in [0.717, 1.165) is 18.4 Å². The smallest absolute Gasteiger partial charge is 0.328 e. The van der Waals surface area contributed by atoms with E-state index >= 15 is 0 Å². The molecule has 1 atom stereocenters. The molecule has 0 aliphatic heterocycles. The fraction of sp³-hybridized carbons (Fsp3) is 0.464. The zero-order valence-corrected chi connectivity index (χ0v) is 24.4. The number of rotatable bonds is 12. The second kappa shape index (κ2) is 13.6. The van der Waals surface area contributed by atoms with Gasteiger partial charge in [-0.05, 0) is 55.5 Å². The number of benzene rings is 2. The Balaban J connectivity index is 1.66. The van der Waals surface area contributed by atoms with Crippen LogP contribution >= 0.6 is 23.2 Å². The van der Waals surface area contributed by atoms with E-state index in [-0.39, 0.29) is 33.7 Å². The first-order valence-corrected chi connectivity index (χ1v) is 15.7. The van der Waals surface area contributed by atoms with Gasteiger partial charge in [0.25, 0.3) is 5.91 Å². The topological polar surface area (TPSA) is 119 Å². The molecular weight excluding hydrogens is 563 g/mol. The van der Waals surface area contributed by atoms with E-state index in [1.165, 1.54) is 13.4 Å². The van der Waals surface area contributed by atoms with Gasteiger partial charge in [0, 0.05) is 29.5 Å². The molecule has 2 aromatic carbocycles. The quantitative estimate of drug-likeness (QED) is 0.256. The van der Waals surface area contributed by atoms with Crippen molar-refractivity contribution in [2.75, 3.05) is 24.4 Å². The maximum atomic E-state index is 13.4. The number of hydrogen-bond donors (Lipinski definition) is 2. The van der Waals surface area contributed by atoms with Gasteiger partial charge in [0.1, 0.15) is 15.9 Å². The summed E-state index contributed by atoms with van der Waals surface area (Å²) in [5, 5.41) is 6.14. The van der Waals surface area contributed by atoms with Gasteiger partial charge in [-0.25, -0.2) is 13.2 Å². The monoisotopic (exact) mass is 596 g/mol. The Morgan fingerprint density at radius 3 is 2.18 bits per heavy atom. The number of unbranched alkanes of at least 4 members (excludes halogenated alkanes) is 1. The molecule has 0 spiro atoms. The van der Waals surface area contributed by atoms with Crippen LogP contribution in [0.2, 0.25) is 10.0 Å². The Labute approximate surface area is 239 Å². The first-order chi connectivity index (χ1) is 18.4. The highest BCUT2D eigenvalue weighted by molar-refractivity contribution is 7.90. The number of halogens is 2. The Morgan fingerprint density at radius 1 is 1.00 bits per heavy atom. The van der Waals surface area contributed by atoms with E-state index in [4.69, 9.17) is 27.9 Å². The van der Waals surface area contributed by atoms with Crippen LogP contribution in [-0.2, 0) is 30.6 Å². The molecule has 2 amide bonds. The number of carbonyl (C=O) groups excluding carboxylic acids is 3. The lowest BCUT2D eigenvalue weighted by atomic mass is 9.80. The van der Waals surface area contributed by atoms with Crippen molar-refractivity contribution in [3.8, 4) is 0 Å². The third-order valence-electron chi connectivity index (χ3n) is 7.10. The van der Waals surface area contributed by atoms with Crippen molar-refractivity contribution in [2.24, 2.45) is 5.41 Å². The summed E-state index contributed by atoms with van der Waals surface area (Å²) in [5.41, 5.74) is 0.832. The average Bonchev–Trinajstić information content (AvgIpc) is 3.36. The Hall–Kier alpha value is -2.62. The third kappa shape index (κ3) is 8.68. The molecule has 11 heteroatoms. The van der Waals surface area contributed by atoms with Gasteiger partial charge in [0.2, 0.25) is 5.91 Å². The number of methoxy groups -OCH3 is 1. The van der Waals surface area contributed by atoms with Crippen LogP contribution in [0.15, 0.2) is 42.5 Å². The summed E-state index contributed by atoms with van der Waals surface area (Å²) in [7, 11) is -1.78. The van der Waals surface area contributed by atoms with Crippen molar-refractivity contribution in [2.45, 2.75) is 57.4 Å². The van der Waals surface area contributed by atoms with Crippen LogP contribution < -0.4 is 10.6 Å². The zero-order chi connectivity index (χ0) is 28.6. The van der Waals surface area contributed by atoms with E-state index in [2.05, 4.69) is 10.6 Å². The predicted molar refractivity (Wildman–Crippen MR) is 153 cm³/mol. The van der Waals surface area contributed by atoms with Gasteiger partial charge < -0.3 is 15.4 Å². The van der Waals surface area contributed by atoms with Gasteiger partial charge in [0.15, 0.2) is 0 Å². The van der Waals surface area contributed by atoms with Crippen LogP contribution in [0.25, 0.3) is 0 Å². The average molecular weight is 598 g/mol. The molecule has 1 aliphatic carbocycles. The van der Waals surface area contributed by atoms with Crippen LogP contribution in [0.3, 0.4) is 0 Å². The minimum absolute atomic E-state index is 0.0946. The fourth-order valence-electron chi connectivity index (χ4n) is 4.99. The molecule has 1 aliphatic rings. The maximum Gasteiger partial charge on any atom is 0.328 e. The maximum absolute atomic E-state index is 13.4. The molecule has 0 unspecified atom stereocenters. The molecule has 1 saturated carbocycles. The van der Waals surface area contributed by atoms with E-state index in [9.17, 15) is 22.8 Å². The lowest BCUT2D eigenvalue weighted by molar-refractivity contribution is -0.146.